The van der Waals surface area contributed by atoms with E-state index in [1.807, 2.05) is 6.07 Å². The number of carbonyl (C=O) groups is 1. The van der Waals surface area contributed by atoms with E-state index in [1.54, 1.807) is 6.92 Å². The molecule has 0 atom stereocenters. The lowest BCUT2D eigenvalue weighted by atomic mass is 9.91. The van der Waals surface area contributed by atoms with Crippen LogP contribution in [0.1, 0.15) is 107 Å². The first-order chi connectivity index (χ1) is 10.9. The van der Waals surface area contributed by atoms with Gasteiger partial charge in [-0.2, -0.15) is 0 Å². The fraction of sp³-hybridized carbons (Fsp3) is 0.667. The Morgan fingerprint density at radius 3 is 2.17 bits per heavy atom. The summed E-state index contributed by atoms with van der Waals surface area (Å²) in [4.78, 5) is 12.1. The first kappa shape index (κ1) is 19.7. The van der Waals surface area contributed by atoms with E-state index in [0.29, 0.717) is 18.4 Å². The van der Waals surface area contributed by atoms with Crippen LogP contribution in [0, 0.1) is 0 Å². The van der Waals surface area contributed by atoms with E-state index >= 15 is 0 Å². The molecule has 0 aliphatic rings. The van der Waals surface area contributed by atoms with Crippen molar-refractivity contribution < 1.29 is 9.53 Å². The van der Waals surface area contributed by atoms with E-state index in [2.05, 4.69) is 40.7 Å². The van der Waals surface area contributed by atoms with Crippen molar-refractivity contribution in [2.24, 2.45) is 0 Å². The van der Waals surface area contributed by atoms with Crippen molar-refractivity contribution in [3.05, 3.63) is 28.8 Å². The minimum Gasteiger partial charge on any atom is -0.493 e. The van der Waals surface area contributed by atoms with Crippen LogP contribution in [-0.4, -0.2) is 12.4 Å². The number of hydrogen-bond donors (Lipinski definition) is 0. The molecule has 0 fully saturated rings. The Kier molecular flexibility index (Phi) is 8.36. The average molecular weight is 319 g/mol. The van der Waals surface area contributed by atoms with Crippen LogP contribution >= 0.6 is 0 Å². The SMILES string of the molecule is CCCCCCCOc1c(C(C)=O)cc(C(C)C)cc1C(C)C. The summed E-state index contributed by atoms with van der Waals surface area (Å²) in [5.41, 5.74) is 3.12. The second-order valence-electron chi connectivity index (χ2n) is 7.12. The fourth-order valence-electron chi connectivity index (χ4n) is 2.74. The second kappa shape index (κ2) is 9.75. The fourth-order valence-corrected chi connectivity index (χ4v) is 2.74. The lowest BCUT2D eigenvalue weighted by Crippen LogP contribution is -2.09. The van der Waals surface area contributed by atoms with Crippen molar-refractivity contribution in [3.8, 4) is 5.75 Å². The van der Waals surface area contributed by atoms with Crippen molar-refractivity contribution in [1.29, 1.82) is 0 Å². The number of carbonyl (C=O) groups excluding carboxylic acids is 1. The summed E-state index contributed by atoms with van der Waals surface area (Å²) in [5.74, 6) is 1.67. The van der Waals surface area contributed by atoms with Crippen LogP contribution in [0.15, 0.2) is 12.1 Å². The van der Waals surface area contributed by atoms with Crippen LogP contribution in [0.4, 0.5) is 0 Å². The van der Waals surface area contributed by atoms with E-state index in [4.69, 9.17) is 4.74 Å². The minimum atomic E-state index is 0.0929. The Morgan fingerprint density at radius 1 is 1.00 bits per heavy atom. The zero-order chi connectivity index (χ0) is 17.4. The normalized spacial score (nSPS) is 11.3. The number of ether oxygens (including phenoxy) is 1. The van der Waals surface area contributed by atoms with Gasteiger partial charge in [0, 0.05) is 0 Å². The zero-order valence-electron chi connectivity index (χ0n) is 15.9. The maximum Gasteiger partial charge on any atom is 0.163 e. The molecule has 1 aromatic carbocycles. The number of benzene rings is 1. The van der Waals surface area contributed by atoms with Gasteiger partial charge in [-0.3, -0.25) is 4.79 Å². The molecule has 1 rings (SSSR count). The molecule has 0 saturated heterocycles. The molecule has 0 unspecified atom stereocenters. The monoisotopic (exact) mass is 318 g/mol. The van der Waals surface area contributed by atoms with Gasteiger partial charge >= 0.3 is 0 Å². The van der Waals surface area contributed by atoms with E-state index < -0.39 is 0 Å². The molecular formula is C21H34O2. The second-order valence-corrected chi connectivity index (χ2v) is 7.12. The lowest BCUT2D eigenvalue weighted by Gasteiger charge is -2.20. The Labute approximate surface area is 142 Å². The van der Waals surface area contributed by atoms with Gasteiger partial charge < -0.3 is 4.74 Å². The Hall–Kier alpha value is -1.31. The summed E-state index contributed by atoms with van der Waals surface area (Å²) in [6.45, 7) is 13.2. The molecule has 1 aromatic rings. The summed E-state index contributed by atoms with van der Waals surface area (Å²) >= 11 is 0. The van der Waals surface area contributed by atoms with Gasteiger partial charge in [-0.15, -0.1) is 0 Å². The number of rotatable bonds is 10. The molecule has 0 bridgehead atoms. The molecule has 0 amide bonds. The van der Waals surface area contributed by atoms with Crippen LogP contribution < -0.4 is 4.74 Å². The maximum absolute atomic E-state index is 12.1. The maximum atomic E-state index is 12.1. The molecule has 0 saturated carbocycles. The van der Waals surface area contributed by atoms with Crippen molar-refractivity contribution >= 4 is 5.78 Å². The van der Waals surface area contributed by atoms with Gasteiger partial charge in [0.1, 0.15) is 5.75 Å². The van der Waals surface area contributed by atoms with Gasteiger partial charge in [0.05, 0.1) is 12.2 Å². The molecule has 0 aliphatic heterocycles. The molecule has 0 radical (unpaired) electrons. The largest absolute Gasteiger partial charge is 0.493 e. The third kappa shape index (κ3) is 6.01. The quantitative estimate of drug-likeness (QED) is 0.364. The van der Waals surface area contributed by atoms with Gasteiger partial charge in [-0.25, -0.2) is 0 Å². The summed E-state index contributed by atoms with van der Waals surface area (Å²) in [7, 11) is 0. The Morgan fingerprint density at radius 2 is 1.65 bits per heavy atom. The third-order valence-corrected chi connectivity index (χ3v) is 4.30. The minimum absolute atomic E-state index is 0.0929. The standard InChI is InChI=1S/C21H34O2/c1-7-8-9-10-11-12-23-21-19(16(4)5)13-18(15(2)3)14-20(21)17(6)22/h13-16H,7-12H2,1-6H3. The predicted octanol–water partition coefficient (Wildman–Crippen LogP) is 6.49. The van der Waals surface area contributed by atoms with Crippen molar-refractivity contribution in [1.82, 2.24) is 0 Å². The number of unbranched alkanes of at least 4 members (excludes halogenated alkanes) is 4. The van der Waals surface area contributed by atoms with Gasteiger partial charge in [-0.1, -0.05) is 66.4 Å². The van der Waals surface area contributed by atoms with Crippen LogP contribution in [-0.2, 0) is 0 Å². The van der Waals surface area contributed by atoms with Crippen LogP contribution in [0.5, 0.6) is 5.75 Å². The zero-order valence-corrected chi connectivity index (χ0v) is 15.9. The highest BCUT2D eigenvalue weighted by atomic mass is 16.5. The summed E-state index contributed by atoms with van der Waals surface area (Å²) < 4.78 is 6.09. The van der Waals surface area contributed by atoms with E-state index in [-0.39, 0.29) is 5.78 Å². The highest BCUT2D eigenvalue weighted by molar-refractivity contribution is 5.97. The van der Waals surface area contributed by atoms with E-state index in [1.165, 1.54) is 31.2 Å². The molecule has 2 heteroatoms. The lowest BCUT2D eigenvalue weighted by molar-refractivity contribution is 0.101. The van der Waals surface area contributed by atoms with E-state index in [0.717, 1.165) is 23.3 Å². The van der Waals surface area contributed by atoms with Crippen LogP contribution in [0.2, 0.25) is 0 Å². The molecule has 0 aromatic heterocycles. The average Bonchev–Trinajstić information content (AvgIpc) is 2.49. The molecule has 0 spiro atoms. The summed E-state index contributed by atoms with van der Waals surface area (Å²) in [6, 6.07) is 4.24. The smallest absolute Gasteiger partial charge is 0.163 e. The van der Waals surface area contributed by atoms with E-state index in [9.17, 15) is 4.79 Å². The molecule has 2 nitrogen and oxygen atoms in total. The highest BCUT2D eigenvalue weighted by Gasteiger charge is 2.18. The number of hydrogen-bond acceptors (Lipinski definition) is 2. The highest BCUT2D eigenvalue weighted by Crippen LogP contribution is 2.34. The third-order valence-electron chi connectivity index (χ3n) is 4.30. The molecule has 0 heterocycles. The van der Waals surface area contributed by atoms with Crippen LogP contribution in [0.3, 0.4) is 0 Å². The molecule has 130 valence electrons. The Bertz CT molecular complexity index is 501. The van der Waals surface area contributed by atoms with Crippen LogP contribution in [0.25, 0.3) is 0 Å². The molecule has 0 N–H and O–H groups in total. The number of ketones is 1. The van der Waals surface area contributed by atoms with Crippen molar-refractivity contribution in [2.45, 2.75) is 85.5 Å². The Balaban J connectivity index is 2.96. The first-order valence-corrected chi connectivity index (χ1v) is 9.20. The van der Waals surface area contributed by atoms with Gasteiger partial charge in [-0.05, 0) is 42.4 Å². The first-order valence-electron chi connectivity index (χ1n) is 9.20. The summed E-state index contributed by atoms with van der Waals surface area (Å²) in [6.07, 6.45) is 6.07. The molecule has 0 aliphatic carbocycles. The van der Waals surface area contributed by atoms with Gasteiger partial charge in [0.2, 0.25) is 0 Å². The van der Waals surface area contributed by atoms with Crippen molar-refractivity contribution in [2.75, 3.05) is 6.61 Å². The van der Waals surface area contributed by atoms with Gasteiger partial charge in [0.15, 0.2) is 5.78 Å². The topological polar surface area (TPSA) is 26.3 Å². The predicted molar refractivity (Wildman–Crippen MR) is 98.9 cm³/mol. The molecular weight excluding hydrogens is 284 g/mol. The van der Waals surface area contributed by atoms with Crippen molar-refractivity contribution in [3.63, 3.8) is 0 Å². The molecule has 23 heavy (non-hydrogen) atoms. The van der Waals surface area contributed by atoms with Gasteiger partial charge in [0.25, 0.3) is 0 Å². The summed E-state index contributed by atoms with van der Waals surface area (Å²) in [5, 5.41) is 0. The number of Topliss-reactive ketones (excluding diaryl/α,β-unsaturated/α-hetero) is 1.